The zero-order valence-corrected chi connectivity index (χ0v) is 19.0. The first-order valence-corrected chi connectivity index (χ1v) is 11.1. The number of aryl methyl sites for hydroxylation is 3. The molecule has 0 spiro atoms. The van der Waals surface area contributed by atoms with Gasteiger partial charge in [0, 0.05) is 34.6 Å². The van der Waals surface area contributed by atoms with E-state index in [-0.39, 0.29) is 12.0 Å². The smallest absolute Gasteiger partial charge is 0.290 e. The lowest BCUT2D eigenvalue weighted by molar-refractivity contribution is -0.0256. The second-order valence-corrected chi connectivity index (χ2v) is 8.37. The third-order valence-corrected chi connectivity index (χ3v) is 5.86. The summed E-state index contributed by atoms with van der Waals surface area (Å²) >= 11 is 0. The lowest BCUT2D eigenvalue weighted by Crippen LogP contribution is -2.42. The van der Waals surface area contributed by atoms with E-state index in [0.29, 0.717) is 25.5 Å². The molecule has 7 nitrogen and oxygen atoms in total. The number of benzene rings is 1. The van der Waals surface area contributed by atoms with Gasteiger partial charge in [-0.2, -0.15) is 0 Å². The lowest BCUT2D eigenvalue weighted by atomic mass is 10.1. The number of carbonyl (C=O) groups excluding carboxylic acids is 1. The number of furan rings is 1. The Morgan fingerprint density at radius 2 is 1.88 bits per heavy atom. The van der Waals surface area contributed by atoms with Gasteiger partial charge in [-0.25, -0.2) is 4.98 Å². The first-order valence-electron chi connectivity index (χ1n) is 11.1. The first kappa shape index (κ1) is 21.2. The number of morpholine rings is 1. The standard InChI is InChI=1S/C26H26N4O3/c1-16-7-6-10-24(28-16)29-19-13-17(2)27-21(14-19)23-15-30(11-12-32-23)26(31)25-18(3)20-8-4-5-9-22(20)33-25/h4-10,13-14,23H,11-12,15H2,1-3H3,(H,27,28,29)/t23-/m1/s1. The molecule has 1 aliphatic heterocycles. The van der Waals surface area contributed by atoms with Crippen LogP contribution in [0.1, 0.15) is 39.3 Å². The van der Waals surface area contributed by atoms with E-state index in [9.17, 15) is 4.79 Å². The summed E-state index contributed by atoms with van der Waals surface area (Å²) in [7, 11) is 0. The van der Waals surface area contributed by atoms with Crippen LogP contribution < -0.4 is 5.32 Å². The summed E-state index contributed by atoms with van der Waals surface area (Å²) in [6, 6.07) is 17.5. The van der Waals surface area contributed by atoms with Crippen molar-refractivity contribution < 1.29 is 13.9 Å². The Kier molecular flexibility index (Phi) is 5.56. The molecule has 1 fully saturated rings. The zero-order chi connectivity index (χ0) is 22.9. The third-order valence-electron chi connectivity index (χ3n) is 5.86. The first-order chi connectivity index (χ1) is 16.0. The summed E-state index contributed by atoms with van der Waals surface area (Å²) in [5, 5.41) is 4.31. The van der Waals surface area contributed by atoms with E-state index >= 15 is 0 Å². The van der Waals surface area contributed by atoms with Gasteiger partial charge in [0.15, 0.2) is 5.76 Å². The monoisotopic (exact) mass is 442 g/mol. The number of rotatable bonds is 4. The number of nitrogens with one attached hydrogen (secondary N) is 1. The third kappa shape index (κ3) is 4.32. The van der Waals surface area contributed by atoms with Crippen LogP contribution in [0.4, 0.5) is 11.5 Å². The molecular formula is C26H26N4O3. The van der Waals surface area contributed by atoms with Crippen LogP contribution in [-0.4, -0.2) is 40.5 Å². The number of fused-ring (bicyclic) bond motifs is 1. The van der Waals surface area contributed by atoms with Crippen molar-refractivity contribution >= 4 is 28.4 Å². The molecule has 0 radical (unpaired) electrons. The number of anilines is 2. The summed E-state index contributed by atoms with van der Waals surface area (Å²) in [6.45, 7) is 7.19. The van der Waals surface area contributed by atoms with Crippen LogP contribution in [0.15, 0.2) is 59.0 Å². The van der Waals surface area contributed by atoms with E-state index in [4.69, 9.17) is 9.15 Å². The number of carbonyl (C=O) groups is 1. The molecule has 0 unspecified atom stereocenters. The second-order valence-electron chi connectivity index (χ2n) is 8.37. The number of para-hydroxylation sites is 1. The fourth-order valence-electron chi connectivity index (χ4n) is 4.23. The molecule has 1 N–H and O–H groups in total. The number of ether oxygens (including phenoxy) is 1. The maximum absolute atomic E-state index is 13.3. The predicted octanol–water partition coefficient (Wildman–Crippen LogP) is 5.11. The highest BCUT2D eigenvalue weighted by Crippen LogP contribution is 2.29. The van der Waals surface area contributed by atoms with Gasteiger partial charge in [-0.1, -0.05) is 24.3 Å². The fraction of sp³-hybridized carbons (Fsp3) is 0.269. The largest absolute Gasteiger partial charge is 0.451 e. The van der Waals surface area contributed by atoms with Crippen molar-refractivity contribution in [3.05, 3.63) is 83.0 Å². The number of hydrogen-bond acceptors (Lipinski definition) is 6. The molecule has 4 aromatic rings. The van der Waals surface area contributed by atoms with Crippen LogP contribution in [0, 0.1) is 20.8 Å². The molecule has 1 atom stereocenters. The lowest BCUT2D eigenvalue weighted by Gasteiger charge is -2.32. The molecule has 1 amide bonds. The maximum atomic E-state index is 13.3. The highest BCUT2D eigenvalue weighted by Gasteiger charge is 2.30. The quantitative estimate of drug-likeness (QED) is 0.473. The normalized spacial score (nSPS) is 16.2. The van der Waals surface area contributed by atoms with Gasteiger partial charge in [0.05, 0.1) is 18.8 Å². The Balaban J connectivity index is 1.37. The van der Waals surface area contributed by atoms with Crippen LogP contribution in [0.25, 0.3) is 11.0 Å². The molecule has 1 aliphatic rings. The summed E-state index contributed by atoms with van der Waals surface area (Å²) in [4.78, 5) is 24.3. The van der Waals surface area contributed by atoms with Crippen LogP contribution in [0.2, 0.25) is 0 Å². The minimum atomic E-state index is -0.321. The summed E-state index contributed by atoms with van der Waals surface area (Å²) < 4.78 is 11.9. The van der Waals surface area contributed by atoms with E-state index in [2.05, 4.69) is 15.3 Å². The van der Waals surface area contributed by atoms with E-state index in [1.807, 2.05) is 75.4 Å². The minimum Gasteiger partial charge on any atom is -0.451 e. The van der Waals surface area contributed by atoms with Crippen molar-refractivity contribution in [3.63, 3.8) is 0 Å². The average Bonchev–Trinajstić information content (AvgIpc) is 3.15. The molecule has 3 aromatic heterocycles. The van der Waals surface area contributed by atoms with Crippen molar-refractivity contribution in [3.8, 4) is 0 Å². The molecule has 1 saturated heterocycles. The van der Waals surface area contributed by atoms with Crippen LogP contribution in [-0.2, 0) is 4.74 Å². The van der Waals surface area contributed by atoms with Crippen molar-refractivity contribution in [1.29, 1.82) is 0 Å². The average molecular weight is 443 g/mol. The van der Waals surface area contributed by atoms with Gasteiger partial charge in [-0.3, -0.25) is 9.78 Å². The van der Waals surface area contributed by atoms with Gasteiger partial charge in [-0.15, -0.1) is 0 Å². The highest BCUT2D eigenvalue weighted by molar-refractivity contribution is 5.99. The van der Waals surface area contributed by atoms with E-state index < -0.39 is 0 Å². The van der Waals surface area contributed by atoms with Gasteiger partial charge in [-0.05, 0) is 51.1 Å². The SMILES string of the molecule is Cc1cccc(Nc2cc(C)nc([C@H]3CN(C(=O)c4oc5ccccc5c4C)CCO3)c2)n1. The maximum Gasteiger partial charge on any atom is 0.290 e. The number of pyridine rings is 2. The van der Waals surface area contributed by atoms with Gasteiger partial charge >= 0.3 is 0 Å². The van der Waals surface area contributed by atoms with E-state index in [1.54, 1.807) is 4.90 Å². The molecule has 4 heterocycles. The molecule has 1 aromatic carbocycles. The molecule has 33 heavy (non-hydrogen) atoms. The van der Waals surface area contributed by atoms with Gasteiger partial charge < -0.3 is 19.4 Å². The number of nitrogens with zero attached hydrogens (tertiary/aromatic N) is 3. The number of amides is 1. The van der Waals surface area contributed by atoms with Crippen molar-refractivity contribution in [2.75, 3.05) is 25.0 Å². The Bertz CT molecular complexity index is 1330. The molecule has 0 aliphatic carbocycles. The zero-order valence-electron chi connectivity index (χ0n) is 19.0. The summed E-state index contributed by atoms with van der Waals surface area (Å²) in [6.07, 6.45) is -0.321. The van der Waals surface area contributed by atoms with Crippen LogP contribution >= 0.6 is 0 Å². The van der Waals surface area contributed by atoms with Crippen molar-refractivity contribution in [1.82, 2.24) is 14.9 Å². The fourth-order valence-corrected chi connectivity index (χ4v) is 4.23. The molecule has 0 saturated carbocycles. The summed E-state index contributed by atoms with van der Waals surface area (Å²) in [5.74, 6) is 1.04. The van der Waals surface area contributed by atoms with Gasteiger partial charge in [0.25, 0.3) is 5.91 Å². The molecule has 0 bridgehead atoms. The molecular weight excluding hydrogens is 416 g/mol. The Morgan fingerprint density at radius 3 is 2.70 bits per heavy atom. The topological polar surface area (TPSA) is 80.5 Å². The van der Waals surface area contributed by atoms with Crippen molar-refractivity contribution in [2.45, 2.75) is 26.9 Å². The number of hydrogen-bond donors (Lipinski definition) is 1. The summed E-state index contributed by atoms with van der Waals surface area (Å²) in [5.41, 5.74) is 5.06. The number of aromatic nitrogens is 2. The molecule has 5 rings (SSSR count). The van der Waals surface area contributed by atoms with E-state index in [1.165, 1.54) is 0 Å². The van der Waals surface area contributed by atoms with Crippen LogP contribution in [0.5, 0.6) is 0 Å². The minimum absolute atomic E-state index is 0.119. The van der Waals surface area contributed by atoms with Crippen molar-refractivity contribution in [2.24, 2.45) is 0 Å². The van der Waals surface area contributed by atoms with Gasteiger partial charge in [0.2, 0.25) is 0 Å². The predicted molar refractivity (Wildman–Crippen MR) is 127 cm³/mol. The Labute approximate surface area is 192 Å². The van der Waals surface area contributed by atoms with E-state index in [0.717, 1.165) is 45.1 Å². The Hall–Kier alpha value is -3.71. The second kappa shape index (κ2) is 8.67. The van der Waals surface area contributed by atoms with Crippen LogP contribution in [0.3, 0.4) is 0 Å². The molecule has 168 valence electrons. The van der Waals surface area contributed by atoms with Gasteiger partial charge in [0.1, 0.15) is 17.5 Å². The molecule has 7 heteroatoms. The Morgan fingerprint density at radius 1 is 1.03 bits per heavy atom. The highest BCUT2D eigenvalue weighted by atomic mass is 16.5.